The third kappa shape index (κ3) is 3.81. The number of fused-ring (bicyclic) bond motifs is 2. The smallest absolute Gasteiger partial charge is 1.00 e. The van der Waals surface area contributed by atoms with Crippen molar-refractivity contribution in [2.24, 2.45) is 0 Å². The molecule has 0 saturated heterocycles. The Labute approximate surface area is 199 Å². The molecule has 6 heteroatoms. The van der Waals surface area contributed by atoms with Crippen LogP contribution in [0.25, 0.3) is 0 Å². The predicted molar refractivity (Wildman–Crippen MR) is 109 cm³/mol. The SMILES string of the molecule is CC1=C([Si](C)(C)C2=C(C)C=C3SC(C)C=C32)C2=CC(C)SC2=C1.[Cl-].[Cl-].[Zr+2]. The van der Waals surface area contributed by atoms with Crippen LogP contribution in [0.2, 0.25) is 13.1 Å². The van der Waals surface area contributed by atoms with Crippen LogP contribution in [0.3, 0.4) is 0 Å². The van der Waals surface area contributed by atoms with Gasteiger partial charge in [0, 0.05) is 20.3 Å². The van der Waals surface area contributed by atoms with E-state index in [4.69, 9.17) is 0 Å². The van der Waals surface area contributed by atoms with Crippen LogP contribution in [0.15, 0.2) is 66.8 Å². The van der Waals surface area contributed by atoms with E-state index in [2.05, 4.69) is 65.1 Å². The fourth-order valence-electron chi connectivity index (χ4n) is 4.61. The molecule has 4 rings (SSSR count). The molecular formula is C20H24Cl2S2SiZr. The summed E-state index contributed by atoms with van der Waals surface area (Å²) in [5.74, 6) is 0. The van der Waals surface area contributed by atoms with E-state index in [0.29, 0.717) is 10.5 Å². The third-order valence-corrected chi connectivity index (χ3v) is 11.3. The number of hydrogen-bond donors (Lipinski definition) is 0. The second-order valence-electron chi connectivity index (χ2n) is 7.56. The van der Waals surface area contributed by atoms with Crippen molar-refractivity contribution < 1.29 is 51.0 Å². The minimum atomic E-state index is -1.70. The van der Waals surface area contributed by atoms with Gasteiger partial charge in [0.05, 0.1) is 0 Å². The Morgan fingerprint density at radius 3 is 1.46 bits per heavy atom. The monoisotopic (exact) mass is 516 g/mol. The molecule has 26 heavy (non-hydrogen) atoms. The molecule has 0 bridgehead atoms. The Hall–Kier alpha value is 0.820. The molecule has 2 aliphatic carbocycles. The normalized spacial score (nSPS) is 26.2. The maximum absolute atomic E-state index is 2.56. The van der Waals surface area contributed by atoms with E-state index in [1.165, 1.54) is 21.0 Å². The molecule has 2 atom stereocenters. The van der Waals surface area contributed by atoms with Crippen molar-refractivity contribution in [3.8, 4) is 0 Å². The van der Waals surface area contributed by atoms with Crippen molar-refractivity contribution in [3.05, 3.63) is 66.8 Å². The molecule has 4 aliphatic rings. The number of thioether (sulfide) groups is 2. The molecule has 0 amide bonds. The van der Waals surface area contributed by atoms with Crippen molar-refractivity contribution in [2.75, 3.05) is 0 Å². The Morgan fingerprint density at radius 2 is 1.12 bits per heavy atom. The number of allylic oxidation sites excluding steroid dienone is 8. The molecular weight excluding hydrogens is 495 g/mol. The zero-order chi connectivity index (χ0) is 16.5. The molecule has 2 aliphatic heterocycles. The first-order chi connectivity index (χ1) is 10.8. The Morgan fingerprint density at radius 1 is 0.769 bits per heavy atom. The van der Waals surface area contributed by atoms with Gasteiger partial charge in [0.25, 0.3) is 0 Å². The van der Waals surface area contributed by atoms with Crippen LogP contribution >= 0.6 is 23.5 Å². The quantitative estimate of drug-likeness (QED) is 0.484. The van der Waals surface area contributed by atoms with Crippen LogP contribution in [0.5, 0.6) is 0 Å². The van der Waals surface area contributed by atoms with Crippen LogP contribution in [-0.4, -0.2) is 18.6 Å². The molecule has 0 nitrogen and oxygen atoms in total. The van der Waals surface area contributed by atoms with Gasteiger partial charge < -0.3 is 24.8 Å². The van der Waals surface area contributed by atoms with Gasteiger partial charge in [-0.1, -0.05) is 25.2 Å². The van der Waals surface area contributed by atoms with E-state index in [1.54, 1.807) is 21.5 Å². The predicted octanol–water partition coefficient (Wildman–Crippen LogP) is 0.330. The first kappa shape index (κ1) is 24.9. The molecule has 0 fully saturated rings. The van der Waals surface area contributed by atoms with Gasteiger partial charge in [-0.05, 0) is 72.5 Å². The molecule has 138 valence electrons. The second-order valence-corrected chi connectivity index (χ2v) is 14.7. The van der Waals surface area contributed by atoms with Crippen molar-refractivity contribution in [2.45, 2.75) is 51.3 Å². The fourth-order valence-corrected chi connectivity index (χ4v) is 11.2. The van der Waals surface area contributed by atoms with E-state index in [9.17, 15) is 0 Å². The van der Waals surface area contributed by atoms with Crippen LogP contribution in [0.1, 0.15) is 27.7 Å². The van der Waals surface area contributed by atoms with Gasteiger partial charge in [-0.2, -0.15) is 0 Å². The summed E-state index contributed by atoms with van der Waals surface area (Å²) in [7, 11) is -1.70. The van der Waals surface area contributed by atoms with Crippen molar-refractivity contribution in [1.82, 2.24) is 0 Å². The molecule has 0 radical (unpaired) electrons. The molecule has 0 aromatic heterocycles. The maximum atomic E-state index is 2.56. The Bertz CT molecular complexity index is 750. The standard InChI is InChI=1S/C20H24S2Si.2ClH.Zr/c1-11-7-17-15(9-13(3)21-17)19(11)23(5,6)20-12(2)8-18-16(20)10-14(4)22-18;;;/h7-10,13-14H,1-6H3;2*1H;/q;;;+2/p-2. The van der Waals surface area contributed by atoms with Crippen molar-refractivity contribution in [3.63, 3.8) is 0 Å². The molecule has 0 spiro atoms. The summed E-state index contributed by atoms with van der Waals surface area (Å²) in [6, 6.07) is 0. The first-order valence-corrected chi connectivity index (χ1v) is 13.2. The number of hydrogen-bond acceptors (Lipinski definition) is 2. The van der Waals surface area contributed by atoms with Gasteiger partial charge in [-0.15, -0.1) is 23.5 Å². The maximum Gasteiger partial charge on any atom is 2.00 e. The van der Waals surface area contributed by atoms with Gasteiger partial charge in [-0.3, -0.25) is 0 Å². The molecule has 0 saturated carbocycles. The zero-order valence-corrected chi connectivity index (χ0v) is 22.6. The average molecular weight is 519 g/mol. The Balaban J connectivity index is 0.00000113. The molecule has 0 aromatic carbocycles. The topological polar surface area (TPSA) is 0 Å². The van der Waals surface area contributed by atoms with E-state index in [1.807, 2.05) is 23.5 Å². The van der Waals surface area contributed by atoms with E-state index < -0.39 is 8.07 Å². The number of halogens is 2. The fraction of sp³-hybridized carbons (Fsp3) is 0.400. The number of rotatable bonds is 2. The minimum Gasteiger partial charge on any atom is -1.00 e. The third-order valence-electron chi connectivity index (χ3n) is 5.23. The molecule has 0 N–H and O–H groups in total. The molecule has 2 unspecified atom stereocenters. The van der Waals surface area contributed by atoms with Crippen LogP contribution in [0, 0.1) is 0 Å². The summed E-state index contributed by atoms with van der Waals surface area (Å²) in [6.45, 7) is 14.4. The molecule has 2 heterocycles. The summed E-state index contributed by atoms with van der Waals surface area (Å²) < 4.78 is 0. The van der Waals surface area contributed by atoms with Gasteiger partial charge in [0.1, 0.15) is 8.07 Å². The minimum absolute atomic E-state index is 0. The summed E-state index contributed by atoms with van der Waals surface area (Å²) in [5.41, 5.74) is 6.14. The zero-order valence-electron chi connectivity index (χ0n) is 16.0. The van der Waals surface area contributed by atoms with Crippen molar-refractivity contribution >= 4 is 31.6 Å². The van der Waals surface area contributed by atoms with E-state index in [-0.39, 0.29) is 51.0 Å². The van der Waals surface area contributed by atoms with Crippen LogP contribution in [-0.2, 0) is 26.2 Å². The van der Waals surface area contributed by atoms with Gasteiger partial charge in [-0.25, -0.2) is 0 Å². The molecule has 0 aromatic rings. The van der Waals surface area contributed by atoms with E-state index in [0.717, 1.165) is 0 Å². The Kier molecular flexibility index (Phi) is 8.29. The van der Waals surface area contributed by atoms with Gasteiger partial charge >= 0.3 is 26.2 Å². The van der Waals surface area contributed by atoms with Gasteiger partial charge in [0.15, 0.2) is 0 Å². The second kappa shape index (κ2) is 8.67. The summed E-state index contributed by atoms with van der Waals surface area (Å²) in [6.07, 6.45) is 9.86. The summed E-state index contributed by atoms with van der Waals surface area (Å²) in [4.78, 5) is 3.02. The first-order valence-electron chi connectivity index (χ1n) is 8.43. The average Bonchev–Trinajstić information content (AvgIpc) is 3.06. The summed E-state index contributed by atoms with van der Waals surface area (Å²) >= 11 is 4.05. The van der Waals surface area contributed by atoms with Crippen LogP contribution in [0.4, 0.5) is 0 Å². The van der Waals surface area contributed by atoms with Crippen LogP contribution < -0.4 is 24.8 Å². The van der Waals surface area contributed by atoms with Crippen molar-refractivity contribution in [1.29, 1.82) is 0 Å². The van der Waals surface area contributed by atoms with Gasteiger partial charge in [0.2, 0.25) is 0 Å². The van der Waals surface area contributed by atoms with E-state index >= 15 is 0 Å². The largest absolute Gasteiger partial charge is 2.00 e. The summed E-state index contributed by atoms with van der Waals surface area (Å²) in [5, 5.41) is 4.60.